The first kappa shape index (κ1) is 18.1. The lowest BCUT2D eigenvalue weighted by molar-refractivity contribution is -0.137. The number of hydrogen-bond donors (Lipinski definition) is 1. The zero-order valence-corrected chi connectivity index (χ0v) is 13.7. The molecule has 3 rings (SSSR count). The van der Waals surface area contributed by atoms with E-state index in [1.54, 1.807) is 12.2 Å². The third-order valence-corrected chi connectivity index (χ3v) is 3.65. The summed E-state index contributed by atoms with van der Waals surface area (Å²) in [5, 5.41) is 15.6. The van der Waals surface area contributed by atoms with Crippen LogP contribution in [0.2, 0.25) is 0 Å². The Hall–Kier alpha value is -3.67. The van der Waals surface area contributed by atoms with Crippen molar-refractivity contribution >= 4 is 17.6 Å². The Morgan fingerprint density at radius 1 is 1.26 bits per heavy atom. The highest BCUT2D eigenvalue weighted by atomic mass is 19.4. The Balaban J connectivity index is 1.85. The summed E-state index contributed by atoms with van der Waals surface area (Å²) in [6.45, 7) is 0. The minimum Gasteiger partial charge on any atom is -0.305 e. The van der Waals surface area contributed by atoms with Gasteiger partial charge >= 0.3 is 6.18 Å². The van der Waals surface area contributed by atoms with E-state index in [1.165, 1.54) is 35.3 Å². The van der Waals surface area contributed by atoms with E-state index in [0.717, 1.165) is 12.1 Å². The van der Waals surface area contributed by atoms with Crippen molar-refractivity contribution in [2.45, 2.75) is 12.6 Å². The molecular weight excluding hydrogens is 359 g/mol. The monoisotopic (exact) mass is 371 g/mol. The lowest BCUT2D eigenvalue weighted by Gasteiger charge is -2.11. The molecule has 1 aliphatic rings. The number of alkyl halides is 3. The average Bonchev–Trinajstić information content (AvgIpc) is 2.96. The summed E-state index contributed by atoms with van der Waals surface area (Å²) in [5.41, 5.74) is -1.25. The SMILES string of the molecule is N#CC1=CCC=CN=C1n1ccc(NC(=O)c2ccccc2C(F)(F)F)n1. The van der Waals surface area contributed by atoms with Gasteiger partial charge in [0.1, 0.15) is 6.07 Å². The molecule has 0 spiro atoms. The molecule has 2 heterocycles. The molecule has 1 aromatic carbocycles. The summed E-state index contributed by atoms with van der Waals surface area (Å²) in [5.74, 6) is -0.653. The summed E-state index contributed by atoms with van der Waals surface area (Å²) in [7, 11) is 0. The van der Waals surface area contributed by atoms with Crippen LogP contribution in [0.4, 0.5) is 19.0 Å². The Labute approximate surface area is 151 Å². The van der Waals surface area contributed by atoms with Gasteiger partial charge in [-0.25, -0.2) is 9.67 Å². The molecule has 1 aliphatic heterocycles. The molecule has 1 aromatic heterocycles. The number of hydrogen-bond acceptors (Lipinski definition) is 4. The predicted octanol–water partition coefficient (Wildman–Crippen LogP) is 3.77. The predicted molar refractivity (Wildman–Crippen MR) is 91.9 cm³/mol. The summed E-state index contributed by atoms with van der Waals surface area (Å²) >= 11 is 0. The molecule has 6 nitrogen and oxygen atoms in total. The molecular formula is C18H12F3N5O. The minimum atomic E-state index is -4.65. The number of carbonyl (C=O) groups is 1. The Bertz CT molecular complexity index is 1010. The molecule has 9 heteroatoms. The van der Waals surface area contributed by atoms with E-state index >= 15 is 0 Å². The first-order valence-electron chi connectivity index (χ1n) is 7.77. The van der Waals surface area contributed by atoms with Gasteiger partial charge in [0.05, 0.1) is 16.7 Å². The zero-order valence-electron chi connectivity index (χ0n) is 13.7. The molecule has 0 unspecified atom stereocenters. The highest BCUT2D eigenvalue weighted by Gasteiger charge is 2.34. The number of amides is 1. The molecule has 1 N–H and O–H groups in total. The van der Waals surface area contributed by atoms with Crippen LogP contribution >= 0.6 is 0 Å². The van der Waals surface area contributed by atoms with Crippen LogP contribution in [0.5, 0.6) is 0 Å². The van der Waals surface area contributed by atoms with Crippen LogP contribution in [0.1, 0.15) is 22.3 Å². The first-order valence-corrected chi connectivity index (χ1v) is 7.77. The summed E-state index contributed by atoms with van der Waals surface area (Å²) in [6, 6.07) is 7.90. The van der Waals surface area contributed by atoms with Gasteiger partial charge in [0.2, 0.25) is 0 Å². The van der Waals surface area contributed by atoms with Gasteiger partial charge in [-0.05, 0) is 18.6 Å². The Morgan fingerprint density at radius 3 is 2.78 bits per heavy atom. The second-order valence-electron chi connectivity index (χ2n) is 5.45. The van der Waals surface area contributed by atoms with Crippen LogP contribution in [0.15, 0.2) is 65.4 Å². The van der Waals surface area contributed by atoms with E-state index in [-0.39, 0.29) is 11.7 Å². The number of allylic oxidation sites excluding steroid dienone is 3. The number of anilines is 1. The van der Waals surface area contributed by atoms with Crippen molar-refractivity contribution in [2.24, 2.45) is 4.99 Å². The molecule has 0 bridgehead atoms. The van der Waals surface area contributed by atoms with Crippen molar-refractivity contribution < 1.29 is 18.0 Å². The van der Waals surface area contributed by atoms with Gasteiger partial charge in [0.25, 0.3) is 5.91 Å². The first-order chi connectivity index (χ1) is 12.9. The number of carbonyl (C=O) groups excluding carboxylic acids is 1. The lowest BCUT2D eigenvalue weighted by Crippen LogP contribution is -2.19. The van der Waals surface area contributed by atoms with Gasteiger partial charge < -0.3 is 5.32 Å². The molecule has 1 amide bonds. The van der Waals surface area contributed by atoms with Crippen LogP contribution in [0.25, 0.3) is 0 Å². The third-order valence-electron chi connectivity index (χ3n) is 3.65. The molecule has 136 valence electrons. The fourth-order valence-electron chi connectivity index (χ4n) is 2.43. The standard InChI is InChI=1S/C18H12F3N5O/c19-18(20,21)14-7-2-1-6-13(14)17(27)24-15-8-10-26(25-15)16-12(11-22)5-3-4-9-23-16/h1-2,4-10H,3H2,(H,24,25,27). The number of nitrogens with zero attached hydrogens (tertiary/aromatic N) is 4. The van der Waals surface area contributed by atoms with Crippen LogP contribution < -0.4 is 5.32 Å². The summed E-state index contributed by atoms with van der Waals surface area (Å²) in [4.78, 5) is 16.4. The van der Waals surface area contributed by atoms with Gasteiger partial charge in [-0.15, -0.1) is 5.10 Å². The van der Waals surface area contributed by atoms with Gasteiger partial charge in [-0.2, -0.15) is 18.4 Å². The molecule has 27 heavy (non-hydrogen) atoms. The largest absolute Gasteiger partial charge is 0.417 e. The second-order valence-corrected chi connectivity index (χ2v) is 5.45. The van der Waals surface area contributed by atoms with Crippen molar-refractivity contribution in [3.05, 3.63) is 71.6 Å². The fourth-order valence-corrected chi connectivity index (χ4v) is 2.43. The number of benzene rings is 1. The topological polar surface area (TPSA) is 83.1 Å². The van der Waals surface area contributed by atoms with Crippen molar-refractivity contribution in [3.8, 4) is 6.07 Å². The number of aliphatic imine (C=N–C) groups is 1. The number of halogens is 3. The Morgan fingerprint density at radius 2 is 2.04 bits per heavy atom. The number of aromatic nitrogens is 2. The van der Waals surface area contributed by atoms with Crippen LogP contribution in [-0.2, 0) is 6.18 Å². The lowest BCUT2D eigenvalue weighted by atomic mass is 10.1. The van der Waals surface area contributed by atoms with Gasteiger partial charge in [-0.3, -0.25) is 4.79 Å². The second kappa shape index (κ2) is 7.29. The molecule has 0 fully saturated rings. The number of nitrogens with one attached hydrogen (secondary N) is 1. The maximum absolute atomic E-state index is 13.1. The van der Waals surface area contributed by atoms with Gasteiger partial charge in [0, 0.05) is 18.5 Å². The molecule has 0 atom stereocenters. The maximum atomic E-state index is 13.1. The summed E-state index contributed by atoms with van der Waals surface area (Å²) in [6.07, 6.45) is 2.28. The van der Waals surface area contributed by atoms with E-state index < -0.39 is 23.2 Å². The molecule has 0 radical (unpaired) electrons. The molecule has 0 saturated heterocycles. The van der Waals surface area contributed by atoms with E-state index in [0.29, 0.717) is 12.0 Å². The third kappa shape index (κ3) is 3.95. The van der Waals surface area contributed by atoms with E-state index in [9.17, 15) is 23.2 Å². The highest BCUT2D eigenvalue weighted by molar-refractivity contribution is 6.06. The van der Waals surface area contributed by atoms with E-state index in [1.807, 2.05) is 6.07 Å². The van der Waals surface area contributed by atoms with Gasteiger partial charge in [-0.1, -0.05) is 24.3 Å². The maximum Gasteiger partial charge on any atom is 0.417 e. The van der Waals surface area contributed by atoms with Gasteiger partial charge in [0.15, 0.2) is 11.7 Å². The smallest absolute Gasteiger partial charge is 0.305 e. The number of nitriles is 1. The van der Waals surface area contributed by atoms with E-state index in [2.05, 4.69) is 15.4 Å². The fraction of sp³-hybridized carbons (Fsp3) is 0.111. The van der Waals surface area contributed by atoms with Crippen molar-refractivity contribution in [2.75, 3.05) is 5.32 Å². The minimum absolute atomic E-state index is 0.0326. The van der Waals surface area contributed by atoms with Crippen molar-refractivity contribution in [3.63, 3.8) is 0 Å². The van der Waals surface area contributed by atoms with Crippen LogP contribution in [0.3, 0.4) is 0 Å². The zero-order chi connectivity index (χ0) is 19.4. The normalized spacial score (nSPS) is 14.0. The van der Waals surface area contributed by atoms with Crippen LogP contribution in [-0.4, -0.2) is 21.5 Å². The molecule has 0 aliphatic carbocycles. The van der Waals surface area contributed by atoms with Crippen molar-refractivity contribution in [1.29, 1.82) is 5.26 Å². The van der Waals surface area contributed by atoms with Crippen LogP contribution in [0, 0.1) is 11.3 Å². The average molecular weight is 371 g/mol. The number of rotatable bonds is 2. The summed E-state index contributed by atoms with van der Waals surface area (Å²) < 4.78 is 40.4. The highest BCUT2D eigenvalue weighted by Crippen LogP contribution is 2.32. The molecule has 0 saturated carbocycles. The molecule has 2 aromatic rings. The van der Waals surface area contributed by atoms with E-state index in [4.69, 9.17) is 0 Å². The Kier molecular flexibility index (Phi) is 4.90. The quantitative estimate of drug-likeness (QED) is 0.872. The van der Waals surface area contributed by atoms with Crippen molar-refractivity contribution in [1.82, 2.24) is 9.78 Å².